The minimum Gasteiger partial charge on any atom is -0.456 e. The van der Waals surface area contributed by atoms with Crippen molar-refractivity contribution >= 4 is 55.8 Å². The number of furan rings is 1. The first kappa shape index (κ1) is 30.6. The summed E-state index contributed by atoms with van der Waals surface area (Å²) in [5.74, 6) is 0.713. The van der Waals surface area contributed by atoms with Crippen molar-refractivity contribution in [3.63, 3.8) is 0 Å². The molecule has 0 fully saturated rings. The van der Waals surface area contributed by atoms with Crippen LogP contribution in [-0.2, 0) is 0 Å². The zero-order chi connectivity index (χ0) is 35.6. The van der Waals surface area contributed by atoms with Gasteiger partial charge in [-0.25, -0.2) is 9.97 Å². The Morgan fingerprint density at radius 3 is 1.80 bits per heavy atom. The lowest BCUT2D eigenvalue weighted by atomic mass is 9.99. The lowest BCUT2D eigenvalue weighted by molar-refractivity contribution is 0.560. The zero-order valence-corrected chi connectivity index (χ0v) is 29.4. The number of rotatable bonds is 5. The molecule has 0 aliphatic heterocycles. The summed E-state index contributed by atoms with van der Waals surface area (Å²) in [7, 11) is 0. The molecule has 0 N–H and O–H groups in total. The third kappa shape index (κ3) is 4.91. The molecule has 254 valence electrons. The highest BCUT2D eigenvalue weighted by atomic mass is 16.3. The Morgan fingerprint density at radius 1 is 0.519 bits per heavy atom. The third-order valence-corrected chi connectivity index (χ3v) is 10.9. The van der Waals surface area contributed by atoms with E-state index in [1.54, 1.807) is 0 Å². The van der Waals surface area contributed by atoms with Crippen molar-refractivity contribution in [3.8, 4) is 44.9 Å². The van der Waals surface area contributed by atoms with Gasteiger partial charge in [0.2, 0.25) is 0 Å². The fourth-order valence-corrected chi connectivity index (χ4v) is 8.40. The first-order chi connectivity index (χ1) is 26.8. The van der Waals surface area contributed by atoms with Crippen LogP contribution < -0.4 is 10.6 Å². The average molecular weight is 692 g/mol. The van der Waals surface area contributed by atoms with Gasteiger partial charge in [-0.05, 0) is 59.0 Å². The molecule has 1 aliphatic carbocycles. The predicted octanol–water partition coefficient (Wildman–Crippen LogP) is 11.4. The monoisotopic (exact) mass is 691 g/mol. The van der Waals surface area contributed by atoms with Crippen molar-refractivity contribution in [2.75, 3.05) is 0 Å². The average Bonchev–Trinajstić information content (AvgIpc) is 3.79. The maximum Gasteiger partial charge on any atom is 0.160 e. The smallest absolute Gasteiger partial charge is 0.160 e. The summed E-state index contributed by atoms with van der Waals surface area (Å²) in [6, 6.07) is 60.0. The number of hydrogen-bond acceptors (Lipinski definition) is 3. The van der Waals surface area contributed by atoms with Crippen molar-refractivity contribution in [1.29, 1.82) is 0 Å². The van der Waals surface area contributed by atoms with E-state index in [2.05, 4.69) is 162 Å². The van der Waals surface area contributed by atoms with Crippen LogP contribution in [0.15, 0.2) is 174 Å². The first-order valence-electron chi connectivity index (χ1n) is 18.5. The Hall–Kier alpha value is -7.04. The van der Waals surface area contributed by atoms with E-state index in [9.17, 15) is 0 Å². The number of para-hydroxylation sites is 1. The van der Waals surface area contributed by atoms with Gasteiger partial charge in [0.1, 0.15) is 11.0 Å². The van der Waals surface area contributed by atoms with E-state index in [0.29, 0.717) is 5.82 Å². The SMILES string of the molecule is C1=c2oc3cccc(-c4nc(-c5ccccc5)nc5ccccc45)c3c2=CCC1n1c2cc(-c3ccccc3)ccc2c2ccc(-c3ccccc3)cc21. The summed E-state index contributed by atoms with van der Waals surface area (Å²) in [4.78, 5) is 10.2. The van der Waals surface area contributed by atoms with E-state index < -0.39 is 0 Å². The molecule has 0 saturated heterocycles. The molecule has 0 amide bonds. The fraction of sp³-hybridized carbons (Fsp3) is 0.0400. The topological polar surface area (TPSA) is 43.9 Å². The Bertz CT molecular complexity index is 3080. The molecule has 1 unspecified atom stereocenters. The van der Waals surface area contributed by atoms with Crippen LogP contribution >= 0.6 is 0 Å². The van der Waals surface area contributed by atoms with Crippen molar-refractivity contribution in [3.05, 3.63) is 180 Å². The number of benzene rings is 7. The molecule has 4 heteroatoms. The quantitative estimate of drug-likeness (QED) is 0.180. The minimum absolute atomic E-state index is 0.0446. The molecule has 0 spiro atoms. The third-order valence-electron chi connectivity index (χ3n) is 10.9. The molecular formula is C50H33N3O. The highest BCUT2D eigenvalue weighted by Gasteiger charge is 2.23. The van der Waals surface area contributed by atoms with Crippen LogP contribution in [0, 0.1) is 0 Å². The maximum absolute atomic E-state index is 6.77. The van der Waals surface area contributed by atoms with Crippen molar-refractivity contribution < 1.29 is 4.42 Å². The summed E-state index contributed by atoms with van der Waals surface area (Å²) in [5, 5.41) is 5.73. The van der Waals surface area contributed by atoms with E-state index in [4.69, 9.17) is 14.4 Å². The normalized spacial score (nSPS) is 14.0. The Labute approximate surface area is 311 Å². The van der Waals surface area contributed by atoms with E-state index in [-0.39, 0.29) is 6.04 Å². The summed E-state index contributed by atoms with van der Waals surface area (Å²) in [6.45, 7) is 0. The second-order valence-corrected chi connectivity index (χ2v) is 14.1. The lowest BCUT2D eigenvalue weighted by Gasteiger charge is -2.19. The molecule has 4 nitrogen and oxygen atoms in total. The summed E-state index contributed by atoms with van der Waals surface area (Å²) >= 11 is 0. The Morgan fingerprint density at radius 2 is 1.13 bits per heavy atom. The molecule has 3 heterocycles. The van der Waals surface area contributed by atoms with Crippen molar-refractivity contribution in [2.24, 2.45) is 0 Å². The van der Waals surface area contributed by atoms with Crippen LogP contribution in [0.3, 0.4) is 0 Å². The highest BCUT2D eigenvalue weighted by molar-refractivity contribution is 6.10. The molecule has 11 rings (SSSR count). The van der Waals surface area contributed by atoms with Crippen molar-refractivity contribution in [1.82, 2.24) is 14.5 Å². The summed E-state index contributed by atoms with van der Waals surface area (Å²) in [5.41, 5.74) is 12.9. The molecule has 7 aromatic carbocycles. The molecule has 0 radical (unpaired) electrons. The molecule has 54 heavy (non-hydrogen) atoms. The van der Waals surface area contributed by atoms with Crippen LogP contribution in [-0.4, -0.2) is 14.5 Å². The zero-order valence-electron chi connectivity index (χ0n) is 29.4. The van der Waals surface area contributed by atoms with E-state index in [1.165, 1.54) is 44.1 Å². The van der Waals surface area contributed by atoms with Gasteiger partial charge in [0.25, 0.3) is 0 Å². The minimum atomic E-state index is 0.0446. The van der Waals surface area contributed by atoms with E-state index in [1.807, 2.05) is 24.3 Å². The van der Waals surface area contributed by atoms with Gasteiger partial charge in [-0.15, -0.1) is 0 Å². The second kappa shape index (κ2) is 12.3. The van der Waals surface area contributed by atoms with Gasteiger partial charge in [0.05, 0.1) is 28.3 Å². The fourth-order valence-electron chi connectivity index (χ4n) is 8.40. The van der Waals surface area contributed by atoms with Crippen LogP contribution in [0.4, 0.5) is 0 Å². The predicted molar refractivity (Wildman–Crippen MR) is 222 cm³/mol. The Balaban J connectivity index is 1.12. The molecule has 1 atom stereocenters. The standard InChI is InChI=1S/C50H33N3O/c1-4-13-32(14-5-1)35-23-26-38-39-27-24-36(33-15-6-2-7-16-33)30-45(39)53(44(38)29-35)37-25-28-41-47(31-37)54-46-22-12-20-42(48(41)46)49-40-19-10-11-21-43(40)51-50(52-49)34-17-8-3-9-18-34/h1-24,26-31,37H,25H2. The van der Waals surface area contributed by atoms with E-state index >= 15 is 0 Å². The molecular weight excluding hydrogens is 659 g/mol. The summed E-state index contributed by atoms with van der Waals surface area (Å²) in [6.07, 6.45) is 5.52. The molecule has 0 saturated carbocycles. The van der Waals surface area contributed by atoms with Gasteiger partial charge in [0.15, 0.2) is 5.82 Å². The first-order valence-corrected chi connectivity index (χ1v) is 18.5. The van der Waals surface area contributed by atoms with Gasteiger partial charge in [-0.2, -0.15) is 0 Å². The highest BCUT2D eigenvalue weighted by Crippen LogP contribution is 2.39. The van der Waals surface area contributed by atoms with Gasteiger partial charge in [-0.3, -0.25) is 0 Å². The van der Waals surface area contributed by atoms with Gasteiger partial charge < -0.3 is 8.98 Å². The number of nitrogens with zero attached hydrogens (tertiary/aromatic N) is 3. The molecule has 1 aliphatic rings. The Kier molecular flexibility index (Phi) is 6.96. The largest absolute Gasteiger partial charge is 0.456 e. The lowest BCUT2D eigenvalue weighted by Crippen LogP contribution is -2.27. The van der Waals surface area contributed by atoms with Crippen LogP contribution in [0.1, 0.15) is 12.5 Å². The maximum atomic E-state index is 6.77. The number of aromatic nitrogens is 3. The van der Waals surface area contributed by atoms with Gasteiger partial charge in [0, 0.05) is 37.9 Å². The van der Waals surface area contributed by atoms with Crippen LogP contribution in [0.2, 0.25) is 0 Å². The summed E-state index contributed by atoms with van der Waals surface area (Å²) < 4.78 is 9.30. The van der Waals surface area contributed by atoms with Crippen LogP contribution in [0.5, 0.6) is 0 Å². The van der Waals surface area contributed by atoms with E-state index in [0.717, 1.165) is 55.7 Å². The second-order valence-electron chi connectivity index (χ2n) is 14.1. The van der Waals surface area contributed by atoms with Crippen LogP contribution in [0.25, 0.3) is 101 Å². The molecule has 3 aromatic heterocycles. The number of hydrogen-bond donors (Lipinski definition) is 0. The van der Waals surface area contributed by atoms with Crippen molar-refractivity contribution in [2.45, 2.75) is 12.5 Å². The number of fused-ring (bicyclic) bond motifs is 7. The molecule has 10 aromatic rings. The molecule has 0 bridgehead atoms. The van der Waals surface area contributed by atoms with Gasteiger partial charge >= 0.3 is 0 Å². The van der Waals surface area contributed by atoms with Gasteiger partial charge in [-0.1, -0.05) is 152 Å².